The molecule has 18 N–H and O–H groups in total. The van der Waals surface area contributed by atoms with Gasteiger partial charge in [0.15, 0.2) is 18.3 Å². The van der Waals surface area contributed by atoms with Gasteiger partial charge in [-0.3, -0.25) is 0 Å². The topological polar surface area (TPSA) is 415 Å². The van der Waals surface area contributed by atoms with Crippen LogP contribution in [0.4, 0.5) is 0 Å². The zero-order valence-corrected chi connectivity index (χ0v) is 23.9. The smallest absolute Gasteiger partial charge is 1.00 e. The summed E-state index contributed by atoms with van der Waals surface area (Å²) < 4.78 is 0. The van der Waals surface area contributed by atoms with E-state index in [0.717, 1.165) is 0 Å². The van der Waals surface area contributed by atoms with Gasteiger partial charge >= 0.3 is 69.3 Å². The van der Waals surface area contributed by atoms with E-state index in [4.69, 9.17) is 91.9 Å². The second-order valence-corrected chi connectivity index (χ2v) is 7.54. The van der Waals surface area contributed by atoms with Crippen LogP contribution in [0.5, 0.6) is 0 Å². The van der Waals surface area contributed by atoms with E-state index < -0.39 is 111 Å². The van der Waals surface area contributed by atoms with Gasteiger partial charge in [0.05, 0.1) is 19.8 Å². The van der Waals surface area contributed by atoms with Gasteiger partial charge in [-0.1, -0.05) is 0 Å². The normalized spacial score (nSPS) is 19.9. The molecule has 40 heavy (non-hydrogen) atoms. The number of carbonyl (C=O) groups is 3. The van der Waals surface area contributed by atoms with Crippen LogP contribution < -0.4 is 51.4 Å². The molecule has 0 heterocycles. The molecule has 0 aliphatic heterocycles. The van der Waals surface area contributed by atoms with E-state index in [0.29, 0.717) is 0 Å². The quantitative estimate of drug-likeness (QED) is 0.0748. The monoisotopic (exact) mass is 628 g/mol. The summed E-state index contributed by atoms with van der Waals surface area (Å²) in [5.41, 5.74) is 0. The SMILES string of the molecule is O=C(O)[C@H](O)[C@@H](O)[C@H](O)[C@H](O)CO.O=C(O)[C@H](O)[C@@H](O)[C@H](O)[C@H](O)CO.O=C(O)[C@H](O)[C@@H](O)[C@H](O)[C@H](O)CO.[H-].[K+]. The summed E-state index contributed by atoms with van der Waals surface area (Å²) in [6, 6.07) is 0. The summed E-state index contributed by atoms with van der Waals surface area (Å²) in [5, 5.41) is 155. The van der Waals surface area contributed by atoms with Crippen LogP contribution >= 0.6 is 0 Å². The standard InChI is InChI=1S/3C6H12O7.K.H/c3*7-1-2(8)3(9)4(10)5(11)6(12)13;;/h3*2-5,7-11H,1H2,(H,12,13);;/q;;;+1;-1/t3*2-,3-,4+,5-;;/m111../s1. The number of hydrogen-bond acceptors (Lipinski definition) is 18. The van der Waals surface area contributed by atoms with Gasteiger partial charge in [-0.05, 0) is 0 Å². The minimum absolute atomic E-state index is 0. The van der Waals surface area contributed by atoms with Crippen molar-refractivity contribution in [2.24, 2.45) is 0 Å². The Kier molecular flexibility index (Phi) is 27.8. The van der Waals surface area contributed by atoms with E-state index in [2.05, 4.69) is 0 Å². The number of carboxylic acid groups (broad SMARTS) is 3. The van der Waals surface area contributed by atoms with Crippen molar-refractivity contribution in [2.75, 3.05) is 19.8 Å². The van der Waals surface area contributed by atoms with Crippen LogP contribution in [0.2, 0.25) is 0 Å². The van der Waals surface area contributed by atoms with E-state index in [9.17, 15) is 14.4 Å². The second kappa shape index (κ2) is 23.9. The Morgan fingerprint density at radius 1 is 0.400 bits per heavy atom. The van der Waals surface area contributed by atoms with E-state index in [1.165, 1.54) is 0 Å². The fourth-order valence-electron chi connectivity index (χ4n) is 2.01. The maximum absolute atomic E-state index is 10.1. The maximum Gasteiger partial charge on any atom is 1.00 e. The molecule has 0 radical (unpaired) electrons. The first-order valence-electron chi connectivity index (χ1n) is 10.4. The molecule has 0 aliphatic rings. The Labute approximate surface area is 268 Å². The van der Waals surface area contributed by atoms with Crippen LogP contribution in [-0.2, 0) is 14.4 Å². The van der Waals surface area contributed by atoms with Crippen molar-refractivity contribution in [3.8, 4) is 0 Å². The number of carboxylic acids is 3. The molecule has 0 aromatic heterocycles. The molecule has 12 atom stereocenters. The molecule has 0 fully saturated rings. The van der Waals surface area contributed by atoms with Gasteiger partial charge in [-0.15, -0.1) is 0 Å². The summed E-state index contributed by atoms with van der Waals surface area (Å²) >= 11 is 0. The van der Waals surface area contributed by atoms with Gasteiger partial charge in [0, 0.05) is 0 Å². The first-order valence-corrected chi connectivity index (χ1v) is 10.4. The molecule has 0 aliphatic carbocycles. The minimum Gasteiger partial charge on any atom is -1.00 e. The average Bonchev–Trinajstić information content (AvgIpc) is 2.92. The first kappa shape index (κ1) is 46.4. The van der Waals surface area contributed by atoms with Crippen molar-refractivity contribution < 1.29 is 159 Å². The molecule has 0 amide bonds. The molecule has 0 saturated carbocycles. The third-order valence-electron chi connectivity index (χ3n) is 4.52. The number of hydrogen-bond donors (Lipinski definition) is 18. The average molecular weight is 629 g/mol. The molecule has 0 spiro atoms. The first-order chi connectivity index (χ1) is 17.7. The van der Waals surface area contributed by atoms with Crippen molar-refractivity contribution in [1.29, 1.82) is 0 Å². The molecule has 0 aromatic rings. The van der Waals surface area contributed by atoms with Gasteiger partial charge in [-0.2, -0.15) is 0 Å². The number of rotatable bonds is 15. The van der Waals surface area contributed by atoms with Crippen molar-refractivity contribution in [3.63, 3.8) is 0 Å². The fourth-order valence-corrected chi connectivity index (χ4v) is 2.01. The Morgan fingerprint density at radius 3 is 0.650 bits per heavy atom. The molecule has 0 bridgehead atoms. The molecule has 0 unspecified atom stereocenters. The van der Waals surface area contributed by atoms with Crippen LogP contribution in [0.3, 0.4) is 0 Å². The van der Waals surface area contributed by atoms with Crippen molar-refractivity contribution in [1.82, 2.24) is 0 Å². The van der Waals surface area contributed by atoms with E-state index in [1.54, 1.807) is 0 Å². The Balaban J connectivity index is -0.000000154. The van der Waals surface area contributed by atoms with Gasteiger partial charge < -0.3 is 93.3 Å². The van der Waals surface area contributed by atoms with Gasteiger partial charge in [0.25, 0.3) is 0 Å². The zero-order chi connectivity index (χ0) is 31.8. The predicted octanol–water partition coefficient (Wildman–Crippen LogP) is -13.4. The van der Waals surface area contributed by atoms with Crippen LogP contribution in [0.1, 0.15) is 1.43 Å². The van der Waals surface area contributed by atoms with E-state index >= 15 is 0 Å². The van der Waals surface area contributed by atoms with E-state index in [-0.39, 0.29) is 52.8 Å². The van der Waals surface area contributed by atoms with E-state index in [1.807, 2.05) is 0 Å². The second-order valence-electron chi connectivity index (χ2n) is 7.54. The molecule has 236 valence electrons. The summed E-state index contributed by atoms with van der Waals surface area (Å²) in [4.78, 5) is 30.3. The molecular formula is C18H37KO21. The van der Waals surface area contributed by atoms with Crippen LogP contribution in [-0.4, -0.2) is 203 Å². The predicted molar refractivity (Wildman–Crippen MR) is 117 cm³/mol. The van der Waals surface area contributed by atoms with Crippen LogP contribution in [0.15, 0.2) is 0 Å². The largest absolute Gasteiger partial charge is 1.00 e. The van der Waals surface area contributed by atoms with Crippen molar-refractivity contribution >= 4 is 17.9 Å². The number of aliphatic hydroxyl groups excluding tert-OH is 15. The van der Waals surface area contributed by atoms with Crippen LogP contribution in [0, 0.1) is 0 Å². The third-order valence-corrected chi connectivity index (χ3v) is 4.52. The number of aliphatic hydroxyl groups is 15. The third kappa shape index (κ3) is 17.4. The molecular weight excluding hydrogens is 591 g/mol. The minimum atomic E-state index is -2.20. The van der Waals surface area contributed by atoms with Crippen molar-refractivity contribution in [2.45, 2.75) is 73.2 Å². The van der Waals surface area contributed by atoms with Crippen LogP contribution in [0.25, 0.3) is 0 Å². The summed E-state index contributed by atoms with van der Waals surface area (Å²) in [5.74, 6) is -5.18. The number of aliphatic carboxylic acids is 3. The van der Waals surface area contributed by atoms with Gasteiger partial charge in [0.1, 0.15) is 54.9 Å². The Morgan fingerprint density at radius 2 is 0.550 bits per heavy atom. The summed E-state index contributed by atoms with van der Waals surface area (Å²) in [6.07, 6.45) is -23.5. The summed E-state index contributed by atoms with van der Waals surface area (Å²) in [7, 11) is 0. The van der Waals surface area contributed by atoms with Gasteiger partial charge in [0.2, 0.25) is 0 Å². The molecule has 22 heteroatoms. The maximum atomic E-state index is 10.1. The Hall–Kier alpha value is -0.554. The Bertz CT molecular complexity index is 615. The zero-order valence-electron chi connectivity index (χ0n) is 21.8. The molecule has 21 nitrogen and oxygen atoms in total. The summed E-state index contributed by atoms with van der Waals surface area (Å²) in [6.45, 7) is -2.53. The van der Waals surface area contributed by atoms with Gasteiger partial charge in [-0.25, -0.2) is 14.4 Å². The van der Waals surface area contributed by atoms with Crippen molar-refractivity contribution in [3.05, 3.63) is 0 Å². The molecule has 0 saturated heterocycles. The molecule has 0 rings (SSSR count). The fraction of sp³-hybridized carbons (Fsp3) is 0.833. The molecule has 0 aromatic carbocycles.